The number of sulfonamides is 1. The largest absolute Gasteiger partial charge is 0.398 e. The molecule has 1 fully saturated rings. The molecular weight excluding hydrogens is 264 g/mol. The lowest BCUT2D eigenvalue weighted by Gasteiger charge is -2.40. The van der Waals surface area contributed by atoms with E-state index in [1.54, 1.807) is 19.2 Å². The number of nitrogen functional groups attached to an aromatic ring is 1. The first-order valence-corrected chi connectivity index (χ1v) is 7.78. The predicted octanol–water partition coefficient (Wildman–Crippen LogP) is 1.42. The Balaban J connectivity index is 2.11. The van der Waals surface area contributed by atoms with Crippen molar-refractivity contribution in [2.24, 2.45) is 0 Å². The average Bonchev–Trinajstić information content (AvgIpc) is 2.31. The molecule has 0 atom stereocenters. The molecule has 3 N–H and O–H groups in total. The molecular formula is C13H20N2O3S. The van der Waals surface area contributed by atoms with Gasteiger partial charge in [-0.2, -0.15) is 0 Å². The number of nitrogens with one attached hydrogen (secondary N) is 1. The van der Waals surface area contributed by atoms with E-state index in [0.29, 0.717) is 12.2 Å². The summed E-state index contributed by atoms with van der Waals surface area (Å²) in [5.41, 5.74) is 6.76. The molecule has 0 spiro atoms. The van der Waals surface area contributed by atoms with Gasteiger partial charge < -0.3 is 10.5 Å². The minimum atomic E-state index is -3.53. The molecule has 2 rings (SSSR count). The summed E-state index contributed by atoms with van der Waals surface area (Å²) in [6, 6.07) is 4.76. The third-order valence-corrected chi connectivity index (χ3v) is 5.24. The lowest BCUT2D eigenvalue weighted by atomic mass is 9.80. The Hall–Kier alpha value is -1.11. The first kappa shape index (κ1) is 14.3. The third kappa shape index (κ3) is 2.91. The summed E-state index contributed by atoms with van der Waals surface area (Å²) in [5, 5.41) is 0. The van der Waals surface area contributed by atoms with Gasteiger partial charge in [-0.25, -0.2) is 13.1 Å². The van der Waals surface area contributed by atoms with Crippen molar-refractivity contribution in [3.63, 3.8) is 0 Å². The monoisotopic (exact) mass is 284 g/mol. The Morgan fingerprint density at radius 2 is 2.11 bits per heavy atom. The van der Waals surface area contributed by atoms with Gasteiger partial charge in [-0.15, -0.1) is 0 Å². The Morgan fingerprint density at radius 1 is 1.42 bits per heavy atom. The number of anilines is 1. The summed E-state index contributed by atoms with van der Waals surface area (Å²) in [6.07, 6.45) is 2.86. The Bertz CT molecular complexity index is 560. The molecule has 0 heterocycles. The number of rotatable bonds is 5. The van der Waals surface area contributed by atoms with Crippen LogP contribution in [-0.2, 0) is 14.8 Å². The van der Waals surface area contributed by atoms with Crippen LogP contribution in [0.3, 0.4) is 0 Å². The lowest BCUT2D eigenvalue weighted by Crippen LogP contribution is -2.49. The number of benzene rings is 1. The molecule has 0 aromatic heterocycles. The van der Waals surface area contributed by atoms with E-state index >= 15 is 0 Å². The molecule has 0 radical (unpaired) electrons. The summed E-state index contributed by atoms with van der Waals surface area (Å²) in [5.74, 6) is 0. The highest BCUT2D eigenvalue weighted by atomic mass is 32.2. The summed E-state index contributed by atoms with van der Waals surface area (Å²) in [4.78, 5) is 0.196. The van der Waals surface area contributed by atoms with Crippen molar-refractivity contribution in [1.82, 2.24) is 4.72 Å². The van der Waals surface area contributed by atoms with Crippen molar-refractivity contribution in [2.45, 2.75) is 36.7 Å². The molecule has 1 aliphatic rings. The standard InChI is InChI=1S/C13H20N2O3S/c1-10-4-5-11(8-12(10)14)19(16,17)15-9-13(18-2)6-3-7-13/h4-5,8,15H,3,6-7,9,14H2,1-2H3. The summed E-state index contributed by atoms with van der Waals surface area (Å²) in [6.45, 7) is 2.15. The molecule has 0 bridgehead atoms. The van der Waals surface area contributed by atoms with Crippen molar-refractivity contribution in [3.8, 4) is 0 Å². The van der Waals surface area contributed by atoms with Gasteiger partial charge in [0.2, 0.25) is 10.0 Å². The van der Waals surface area contributed by atoms with E-state index in [9.17, 15) is 8.42 Å². The maximum atomic E-state index is 12.2. The zero-order chi connectivity index (χ0) is 14.1. The zero-order valence-corrected chi connectivity index (χ0v) is 12.1. The summed E-state index contributed by atoms with van der Waals surface area (Å²) < 4.78 is 32.4. The van der Waals surface area contributed by atoms with E-state index in [1.807, 2.05) is 6.92 Å². The molecule has 1 aromatic rings. The number of hydrogen-bond acceptors (Lipinski definition) is 4. The SMILES string of the molecule is COC1(CNS(=O)(=O)c2ccc(C)c(N)c2)CCC1. The minimum Gasteiger partial charge on any atom is -0.398 e. The van der Waals surface area contributed by atoms with Crippen LogP contribution in [-0.4, -0.2) is 27.7 Å². The van der Waals surface area contributed by atoms with E-state index in [1.165, 1.54) is 6.07 Å². The van der Waals surface area contributed by atoms with Crippen LogP contribution in [0.25, 0.3) is 0 Å². The van der Waals surface area contributed by atoms with Crippen molar-refractivity contribution in [1.29, 1.82) is 0 Å². The quantitative estimate of drug-likeness (QED) is 0.801. The molecule has 0 saturated heterocycles. The Kier molecular flexibility index (Phi) is 3.85. The van der Waals surface area contributed by atoms with Crippen molar-refractivity contribution in [2.75, 3.05) is 19.4 Å². The number of ether oxygens (including phenoxy) is 1. The molecule has 1 aliphatic carbocycles. The molecule has 106 valence electrons. The maximum Gasteiger partial charge on any atom is 0.240 e. The van der Waals surface area contributed by atoms with Crippen LogP contribution < -0.4 is 10.5 Å². The second-order valence-corrected chi connectivity index (χ2v) is 6.85. The normalized spacial score (nSPS) is 18.0. The highest BCUT2D eigenvalue weighted by Crippen LogP contribution is 2.34. The number of aryl methyl sites for hydroxylation is 1. The Morgan fingerprint density at radius 3 is 2.58 bits per heavy atom. The molecule has 6 heteroatoms. The van der Waals surface area contributed by atoms with Gasteiger partial charge in [0.05, 0.1) is 10.5 Å². The maximum absolute atomic E-state index is 12.2. The van der Waals surface area contributed by atoms with Gasteiger partial charge in [-0.3, -0.25) is 0 Å². The molecule has 0 amide bonds. The zero-order valence-electron chi connectivity index (χ0n) is 11.3. The second kappa shape index (κ2) is 5.11. The molecule has 1 saturated carbocycles. The highest BCUT2D eigenvalue weighted by molar-refractivity contribution is 7.89. The fraction of sp³-hybridized carbons (Fsp3) is 0.538. The molecule has 0 unspecified atom stereocenters. The van der Waals surface area contributed by atoms with Crippen molar-refractivity contribution >= 4 is 15.7 Å². The van der Waals surface area contributed by atoms with E-state index in [-0.39, 0.29) is 10.5 Å². The molecule has 0 aliphatic heterocycles. The Labute approximate surface area is 114 Å². The van der Waals surface area contributed by atoms with Gasteiger partial charge in [0, 0.05) is 19.3 Å². The lowest BCUT2D eigenvalue weighted by molar-refractivity contribution is -0.0659. The van der Waals surface area contributed by atoms with Gasteiger partial charge in [0.1, 0.15) is 0 Å². The van der Waals surface area contributed by atoms with E-state index in [0.717, 1.165) is 24.8 Å². The topological polar surface area (TPSA) is 81.4 Å². The summed E-state index contributed by atoms with van der Waals surface area (Å²) >= 11 is 0. The van der Waals surface area contributed by atoms with Crippen LogP contribution in [0.2, 0.25) is 0 Å². The van der Waals surface area contributed by atoms with E-state index in [4.69, 9.17) is 10.5 Å². The molecule has 19 heavy (non-hydrogen) atoms. The predicted molar refractivity (Wildman–Crippen MR) is 74.4 cm³/mol. The minimum absolute atomic E-state index is 0.196. The first-order valence-electron chi connectivity index (χ1n) is 6.29. The van der Waals surface area contributed by atoms with Crippen LogP contribution in [0.5, 0.6) is 0 Å². The fourth-order valence-corrected chi connectivity index (χ4v) is 3.27. The van der Waals surface area contributed by atoms with Gasteiger partial charge in [-0.1, -0.05) is 6.07 Å². The molecule has 5 nitrogen and oxygen atoms in total. The average molecular weight is 284 g/mol. The fourth-order valence-electron chi connectivity index (χ4n) is 2.12. The van der Waals surface area contributed by atoms with Gasteiger partial charge >= 0.3 is 0 Å². The van der Waals surface area contributed by atoms with Crippen molar-refractivity contribution < 1.29 is 13.2 Å². The van der Waals surface area contributed by atoms with Gasteiger partial charge in [0.15, 0.2) is 0 Å². The van der Waals surface area contributed by atoms with Crippen molar-refractivity contribution in [3.05, 3.63) is 23.8 Å². The number of hydrogen-bond donors (Lipinski definition) is 2. The van der Waals surface area contributed by atoms with E-state index in [2.05, 4.69) is 4.72 Å². The van der Waals surface area contributed by atoms with E-state index < -0.39 is 10.0 Å². The number of nitrogens with two attached hydrogens (primary N) is 1. The van der Waals surface area contributed by atoms with Crippen LogP contribution in [0.4, 0.5) is 5.69 Å². The smallest absolute Gasteiger partial charge is 0.240 e. The summed E-state index contributed by atoms with van der Waals surface area (Å²) in [7, 11) is -1.91. The van der Waals surface area contributed by atoms with Crippen LogP contribution in [0, 0.1) is 6.92 Å². The second-order valence-electron chi connectivity index (χ2n) is 5.08. The molecule has 1 aromatic carbocycles. The van der Waals surface area contributed by atoms with Gasteiger partial charge in [-0.05, 0) is 43.9 Å². The van der Waals surface area contributed by atoms with Crippen LogP contribution in [0.15, 0.2) is 23.1 Å². The highest BCUT2D eigenvalue weighted by Gasteiger charge is 2.38. The van der Waals surface area contributed by atoms with Crippen LogP contribution in [0.1, 0.15) is 24.8 Å². The number of methoxy groups -OCH3 is 1. The third-order valence-electron chi connectivity index (χ3n) is 3.84. The first-order chi connectivity index (χ1) is 8.88. The van der Waals surface area contributed by atoms with Crippen LogP contribution >= 0.6 is 0 Å². The van der Waals surface area contributed by atoms with Gasteiger partial charge in [0.25, 0.3) is 0 Å².